The van der Waals surface area contributed by atoms with E-state index >= 15 is 0 Å². The number of hydrogen-bond acceptors (Lipinski definition) is 9. The molecule has 0 radical (unpaired) electrons. The Morgan fingerprint density at radius 2 is 1.76 bits per heavy atom. The molecular weight excluding hydrogens is 641 g/mol. The number of aryl methyl sites for hydroxylation is 2. The summed E-state index contributed by atoms with van der Waals surface area (Å²) in [5.41, 5.74) is 6.33. The van der Waals surface area contributed by atoms with Gasteiger partial charge in [-0.15, -0.1) is 0 Å². The normalized spacial score (nSPS) is 12.6. The first kappa shape index (κ1) is 33.8. The first-order valence-corrected chi connectivity index (χ1v) is 17.4. The summed E-state index contributed by atoms with van der Waals surface area (Å²) in [5.74, 6) is -0.962. The number of methoxy groups -OCH3 is 1. The Hall–Kier alpha value is -5.10. The number of hydrogen-bond donors (Lipinski definition) is 2. The summed E-state index contributed by atoms with van der Waals surface area (Å²) in [6.45, 7) is 5.64. The molecule has 11 nitrogen and oxygen atoms in total. The quantitative estimate of drug-likeness (QED) is 0.0976. The predicted molar refractivity (Wildman–Crippen MR) is 190 cm³/mol. The summed E-state index contributed by atoms with van der Waals surface area (Å²) < 4.78 is 7.65. The van der Waals surface area contributed by atoms with Crippen LogP contribution in [-0.2, 0) is 29.0 Å². The first-order chi connectivity index (χ1) is 23.7. The van der Waals surface area contributed by atoms with Crippen LogP contribution in [0.4, 0.5) is 10.9 Å². The van der Waals surface area contributed by atoms with Crippen LogP contribution in [0.5, 0.6) is 0 Å². The second-order valence-corrected chi connectivity index (χ2v) is 13.3. The van der Waals surface area contributed by atoms with E-state index in [1.165, 1.54) is 18.4 Å². The maximum Gasteiger partial charge on any atom is 0.355 e. The van der Waals surface area contributed by atoms with Crippen LogP contribution in [0.1, 0.15) is 81.9 Å². The lowest BCUT2D eigenvalue weighted by Gasteiger charge is -2.31. The van der Waals surface area contributed by atoms with E-state index in [2.05, 4.69) is 15.3 Å². The highest BCUT2D eigenvalue weighted by Crippen LogP contribution is 2.33. The van der Waals surface area contributed by atoms with Crippen LogP contribution < -0.4 is 10.2 Å². The fourth-order valence-electron chi connectivity index (χ4n) is 6.54. The summed E-state index contributed by atoms with van der Waals surface area (Å²) in [7, 11) is 1.41. The number of ether oxygens (including phenoxy) is 1. The van der Waals surface area contributed by atoms with E-state index in [0.717, 1.165) is 76.9 Å². The number of fused-ring (bicyclic) bond motifs is 2. The van der Waals surface area contributed by atoms with Gasteiger partial charge in [0.25, 0.3) is 5.91 Å². The molecule has 0 aliphatic carbocycles. The molecule has 49 heavy (non-hydrogen) atoms. The molecule has 1 aliphatic rings. The molecule has 0 spiro atoms. The fraction of sp³-hybridized carbons (Fsp3) is 0.351. The Morgan fingerprint density at radius 1 is 0.959 bits per heavy atom. The molecule has 0 fully saturated rings. The molecule has 0 atom stereocenters. The van der Waals surface area contributed by atoms with Gasteiger partial charge in [-0.05, 0) is 74.6 Å². The molecular formula is C37H40N6O5S. The van der Waals surface area contributed by atoms with Crippen LogP contribution in [-0.4, -0.2) is 56.4 Å². The number of anilines is 2. The van der Waals surface area contributed by atoms with Gasteiger partial charge < -0.3 is 14.7 Å². The number of rotatable bonds is 13. The zero-order chi connectivity index (χ0) is 34.5. The number of amides is 1. The minimum atomic E-state index is -1.11. The van der Waals surface area contributed by atoms with E-state index in [1.807, 2.05) is 78.0 Å². The predicted octanol–water partition coefficient (Wildman–Crippen LogP) is 7.20. The number of nitrogens with zero attached hydrogens (tertiary/aromatic N) is 5. The first-order valence-electron chi connectivity index (χ1n) is 16.6. The Bertz CT molecular complexity index is 1980. The number of thiazole rings is 1. The molecule has 1 amide bonds. The molecule has 0 saturated carbocycles. The lowest BCUT2D eigenvalue weighted by Crippen LogP contribution is -2.33. The highest BCUT2D eigenvalue weighted by atomic mass is 32.1. The van der Waals surface area contributed by atoms with Gasteiger partial charge in [0.1, 0.15) is 5.82 Å². The van der Waals surface area contributed by atoms with Gasteiger partial charge >= 0.3 is 11.9 Å². The summed E-state index contributed by atoms with van der Waals surface area (Å²) in [6, 6.07) is 17.2. The van der Waals surface area contributed by atoms with Gasteiger partial charge in [-0.1, -0.05) is 54.9 Å². The number of carboxylic acid groups (broad SMARTS) is 1. The summed E-state index contributed by atoms with van der Waals surface area (Å²) in [6.07, 6.45) is 5.90. The molecule has 4 heterocycles. The van der Waals surface area contributed by atoms with Gasteiger partial charge in [0.05, 0.1) is 23.0 Å². The molecule has 2 N–H and O–H groups in total. The molecule has 0 bridgehead atoms. The smallest absolute Gasteiger partial charge is 0.355 e. The van der Waals surface area contributed by atoms with Crippen molar-refractivity contribution in [2.75, 3.05) is 23.9 Å². The van der Waals surface area contributed by atoms with E-state index < -0.39 is 5.97 Å². The lowest BCUT2D eigenvalue weighted by atomic mass is 9.94. The number of aromatic carboxylic acids is 1. The van der Waals surface area contributed by atoms with Gasteiger partial charge in [-0.25, -0.2) is 14.8 Å². The molecule has 5 aromatic rings. The second-order valence-electron chi connectivity index (χ2n) is 12.3. The van der Waals surface area contributed by atoms with E-state index in [-0.39, 0.29) is 17.6 Å². The highest BCUT2D eigenvalue weighted by molar-refractivity contribution is 7.22. The molecule has 1 aliphatic heterocycles. The number of unbranched alkanes of at least 4 members (excludes halogenated alkanes) is 4. The van der Waals surface area contributed by atoms with Crippen LogP contribution in [0.3, 0.4) is 0 Å². The highest BCUT2D eigenvalue weighted by Gasteiger charge is 2.26. The van der Waals surface area contributed by atoms with Gasteiger partial charge in [0.2, 0.25) is 0 Å². The van der Waals surface area contributed by atoms with Crippen molar-refractivity contribution in [3.63, 3.8) is 0 Å². The van der Waals surface area contributed by atoms with Crippen molar-refractivity contribution >= 4 is 50.3 Å². The van der Waals surface area contributed by atoms with Crippen LogP contribution in [0, 0.1) is 13.8 Å². The number of para-hydroxylation sites is 1. The zero-order valence-electron chi connectivity index (χ0n) is 28.0. The number of esters is 1. The summed E-state index contributed by atoms with van der Waals surface area (Å²) in [4.78, 5) is 48.7. The SMILES string of the molecule is COC(=O)CCCCCCCn1nc(C)c(-c2ccc(N3CCc4cccc(C(=O)Nc5nc6ccccc6s5)c4C3)nc2C(=O)O)c1C. The molecule has 0 unspecified atom stereocenters. The van der Waals surface area contributed by atoms with Gasteiger partial charge in [-0.2, -0.15) is 5.10 Å². The topological polar surface area (TPSA) is 140 Å². The number of aromatic nitrogens is 4. The third kappa shape index (κ3) is 7.49. The van der Waals surface area contributed by atoms with Crippen LogP contribution in [0.2, 0.25) is 0 Å². The molecule has 6 rings (SSSR count). The Morgan fingerprint density at radius 3 is 2.55 bits per heavy atom. The Labute approximate surface area is 289 Å². The average Bonchev–Trinajstić information content (AvgIpc) is 3.64. The number of pyridine rings is 1. The zero-order valence-corrected chi connectivity index (χ0v) is 28.8. The van der Waals surface area contributed by atoms with Gasteiger partial charge in [0, 0.05) is 48.4 Å². The monoisotopic (exact) mass is 680 g/mol. The van der Waals surface area contributed by atoms with Crippen molar-refractivity contribution in [2.45, 2.75) is 71.9 Å². The van der Waals surface area contributed by atoms with Crippen molar-refractivity contribution in [1.82, 2.24) is 19.7 Å². The second kappa shape index (κ2) is 15.0. The largest absolute Gasteiger partial charge is 0.476 e. The van der Waals surface area contributed by atoms with E-state index in [1.54, 1.807) is 0 Å². The van der Waals surface area contributed by atoms with Crippen LogP contribution >= 0.6 is 11.3 Å². The number of benzene rings is 2. The van der Waals surface area contributed by atoms with Crippen molar-refractivity contribution < 1.29 is 24.2 Å². The number of carboxylic acids is 1. The number of carbonyl (C=O) groups excluding carboxylic acids is 2. The third-order valence-corrected chi connectivity index (χ3v) is 10.0. The van der Waals surface area contributed by atoms with Crippen LogP contribution in [0.15, 0.2) is 54.6 Å². The molecule has 0 saturated heterocycles. The minimum absolute atomic E-state index is 0.0264. The van der Waals surface area contributed by atoms with E-state index in [0.29, 0.717) is 48.0 Å². The molecule has 2 aromatic carbocycles. The average molecular weight is 681 g/mol. The van der Waals surface area contributed by atoms with Crippen molar-refractivity contribution in [3.8, 4) is 11.1 Å². The lowest BCUT2D eigenvalue weighted by molar-refractivity contribution is -0.140. The van der Waals surface area contributed by atoms with Crippen molar-refractivity contribution in [2.24, 2.45) is 0 Å². The van der Waals surface area contributed by atoms with Crippen molar-refractivity contribution in [1.29, 1.82) is 0 Å². The maximum atomic E-state index is 13.5. The van der Waals surface area contributed by atoms with Gasteiger partial charge in [0.15, 0.2) is 10.8 Å². The fourth-order valence-corrected chi connectivity index (χ4v) is 7.40. The molecule has 12 heteroatoms. The Kier molecular flexibility index (Phi) is 10.3. The number of nitrogens with one attached hydrogen (secondary N) is 1. The van der Waals surface area contributed by atoms with Crippen molar-refractivity contribution in [3.05, 3.63) is 88.4 Å². The third-order valence-electron chi connectivity index (χ3n) is 9.07. The standard InChI is InChI=1S/C37H40N6O5S/c1-23-33(24(2)43(41-23)20-10-6-4-5-7-16-32(44)48-3)27-17-18-31(39-34(27)36(46)47)42-21-19-25-12-11-13-26(28(25)22-42)35(45)40-37-38-29-14-8-9-15-30(29)49-37/h8-9,11-15,17-18H,4-7,10,16,19-22H2,1-3H3,(H,46,47)(H,38,40,45). The maximum absolute atomic E-state index is 13.5. The summed E-state index contributed by atoms with van der Waals surface area (Å²) in [5, 5.41) is 18.6. The van der Waals surface area contributed by atoms with E-state index in [9.17, 15) is 19.5 Å². The van der Waals surface area contributed by atoms with E-state index in [4.69, 9.17) is 9.84 Å². The molecule has 254 valence electrons. The Balaban J connectivity index is 1.17. The minimum Gasteiger partial charge on any atom is -0.476 e. The van der Waals surface area contributed by atoms with Crippen LogP contribution in [0.25, 0.3) is 21.3 Å². The van der Waals surface area contributed by atoms with Gasteiger partial charge in [-0.3, -0.25) is 19.6 Å². The number of carbonyl (C=O) groups is 3. The molecule has 3 aromatic heterocycles. The summed E-state index contributed by atoms with van der Waals surface area (Å²) >= 11 is 1.43.